The Balaban J connectivity index is 1.73. The van der Waals surface area contributed by atoms with Crippen LogP contribution in [0.25, 0.3) is 0 Å². The number of likely N-dealkylation sites (N-methyl/N-ethyl adjacent to an activating group) is 1. The lowest BCUT2D eigenvalue weighted by atomic mass is 9.87. The van der Waals surface area contributed by atoms with Crippen LogP contribution in [0.2, 0.25) is 0 Å². The van der Waals surface area contributed by atoms with E-state index in [1.807, 2.05) is 19.1 Å². The summed E-state index contributed by atoms with van der Waals surface area (Å²) in [6.07, 6.45) is 3.51. The second-order valence-electron chi connectivity index (χ2n) is 8.69. The number of rotatable bonds is 5. The summed E-state index contributed by atoms with van der Waals surface area (Å²) in [5, 5.41) is 11.8. The zero-order valence-corrected chi connectivity index (χ0v) is 21.3. The third-order valence-electron chi connectivity index (χ3n) is 6.35. The second kappa shape index (κ2) is 12.7. The van der Waals surface area contributed by atoms with E-state index in [-0.39, 0.29) is 29.0 Å². The zero-order valence-electron chi connectivity index (χ0n) is 19.7. The molecule has 9 heteroatoms. The number of nitrogens with one attached hydrogen (secondary N) is 4. The first-order chi connectivity index (χ1) is 15.9. The maximum atomic E-state index is 13.3. The van der Waals surface area contributed by atoms with Crippen molar-refractivity contribution >= 4 is 41.2 Å². The Kier molecular flexibility index (Phi) is 9.94. The Hall–Kier alpha value is -1.71. The zero-order chi connectivity index (χ0) is 23.8. The van der Waals surface area contributed by atoms with Crippen LogP contribution in [-0.4, -0.2) is 65.4 Å². The largest absolute Gasteiger partial charge is 0.348 e. The topological polar surface area (TPSA) is 99.3 Å². The standard InChI is InChI=1S/C24H36N4O3S2/c1-15(25-3)22(29)28-21-16(2)33-14-13-32-12-11-20(27-24(21)31)23(30)26-19-10-6-8-17-7-4-5-9-18(17)19/h4-5,7,9,15-16,19-21,25H,6,8,10-14H2,1-3H3,(H,26,30)(H,27,31)(H,28,29)/t15-,16?,19?,20-,21-/m0/s1. The summed E-state index contributed by atoms with van der Waals surface area (Å²) in [7, 11) is 1.71. The van der Waals surface area contributed by atoms with Gasteiger partial charge in [-0.25, -0.2) is 0 Å². The third-order valence-corrected chi connectivity index (χ3v) is 8.87. The van der Waals surface area contributed by atoms with Gasteiger partial charge in [0.05, 0.1) is 12.1 Å². The van der Waals surface area contributed by atoms with Crippen LogP contribution in [0.4, 0.5) is 0 Å². The predicted octanol–water partition coefficient (Wildman–Crippen LogP) is 2.02. The minimum absolute atomic E-state index is 0.0355. The number of thioether (sulfide) groups is 2. The highest BCUT2D eigenvalue weighted by Crippen LogP contribution is 2.29. The lowest BCUT2D eigenvalue weighted by Gasteiger charge is -2.30. The van der Waals surface area contributed by atoms with Gasteiger partial charge in [0.15, 0.2) is 0 Å². The van der Waals surface area contributed by atoms with Gasteiger partial charge < -0.3 is 21.3 Å². The Bertz CT molecular complexity index is 838. The molecule has 7 nitrogen and oxygen atoms in total. The van der Waals surface area contributed by atoms with Crippen molar-refractivity contribution in [3.8, 4) is 0 Å². The molecule has 0 spiro atoms. The molecule has 3 rings (SSSR count). The summed E-state index contributed by atoms with van der Waals surface area (Å²) in [6, 6.07) is 6.47. The van der Waals surface area contributed by atoms with E-state index in [2.05, 4.69) is 33.4 Å². The minimum Gasteiger partial charge on any atom is -0.348 e. The molecule has 1 aromatic carbocycles. The molecule has 3 amide bonds. The molecule has 33 heavy (non-hydrogen) atoms. The van der Waals surface area contributed by atoms with Crippen LogP contribution in [0.1, 0.15) is 50.3 Å². The molecular formula is C24H36N4O3S2. The molecule has 1 aliphatic carbocycles. The number of benzene rings is 1. The van der Waals surface area contributed by atoms with Crippen molar-refractivity contribution < 1.29 is 14.4 Å². The van der Waals surface area contributed by atoms with E-state index in [1.165, 1.54) is 11.1 Å². The fraction of sp³-hybridized carbons (Fsp3) is 0.625. The first-order valence-corrected chi connectivity index (χ1v) is 14.0. The van der Waals surface area contributed by atoms with Crippen LogP contribution < -0.4 is 21.3 Å². The van der Waals surface area contributed by atoms with E-state index in [9.17, 15) is 14.4 Å². The third kappa shape index (κ3) is 7.13. The quantitative estimate of drug-likeness (QED) is 0.502. The predicted molar refractivity (Wildman–Crippen MR) is 137 cm³/mol. The van der Waals surface area contributed by atoms with Gasteiger partial charge in [-0.2, -0.15) is 23.5 Å². The van der Waals surface area contributed by atoms with E-state index in [0.29, 0.717) is 6.42 Å². The SMILES string of the molecule is CN[C@@H](C)C(=O)N[C@@H]1C(=O)N[C@H](C(=O)NC2CCCc3ccccc32)CCSCCSC1C. The van der Waals surface area contributed by atoms with Crippen molar-refractivity contribution in [2.24, 2.45) is 0 Å². The minimum atomic E-state index is -0.702. The molecular weight excluding hydrogens is 456 g/mol. The van der Waals surface area contributed by atoms with Crippen LogP contribution in [0.15, 0.2) is 24.3 Å². The fourth-order valence-corrected chi connectivity index (χ4v) is 6.42. The Morgan fingerprint density at radius 1 is 1.12 bits per heavy atom. The molecule has 1 aliphatic heterocycles. The summed E-state index contributed by atoms with van der Waals surface area (Å²) in [5.74, 6) is 1.95. The summed E-state index contributed by atoms with van der Waals surface area (Å²) in [4.78, 5) is 39.1. The van der Waals surface area contributed by atoms with Gasteiger partial charge in [0.25, 0.3) is 0 Å². The van der Waals surface area contributed by atoms with Gasteiger partial charge >= 0.3 is 0 Å². The first kappa shape index (κ1) is 25.9. The molecule has 2 unspecified atom stereocenters. The van der Waals surface area contributed by atoms with Crippen LogP contribution in [-0.2, 0) is 20.8 Å². The summed E-state index contributed by atoms with van der Waals surface area (Å²) in [6.45, 7) is 3.71. The number of amides is 3. The normalized spacial score (nSPS) is 27.3. The average Bonchev–Trinajstić information content (AvgIpc) is 2.85. The van der Waals surface area contributed by atoms with Crippen molar-refractivity contribution in [3.63, 3.8) is 0 Å². The van der Waals surface area contributed by atoms with E-state index in [4.69, 9.17) is 0 Å². The van der Waals surface area contributed by atoms with Gasteiger partial charge in [0.1, 0.15) is 12.1 Å². The summed E-state index contributed by atoms with van der Waals surface area (Å²) >= 11 is 3.46. The Labute approximate surface area is 205 Å². The first-order valence-electron chi connectivity index (χ1n) is 11.8. The highest BCUT2D eigenvalue weighted by molar-refractivity contribution is 8.03. The number of aryl methyl sites for hydroxylation is 1. The number of fused-ring (bicyclic) bond motifs is 1. The van der Waals surface area contributed by atoms with Crippen LogP contribution in [0.3, 0.4) is 0 Å². The van der Waals surface area contributed by atoms with E-state index in [0.717, 1.165) is 36.5 Å². The molecule has 0 bridgehead atoms. The molecule has 1 saturated heterocycles. The van der Waals surface area contributed by atoms with Gasteiger partial charge in [-0.3, -0.25) is 14.4 Å². The van der Waals surface area contributed by atoms with Crippen LogP contribution in [0.5, 0.6) is 0 Å². The molecule has 2 aliphatic rings. The van der Waals surface area contributed by atoms with Crippen molar-refractivity contribution in [3.05, 3.63) is 35.4 Å². The van der Waals surface area contributed by atoms with Crippen molar-refractivity contribution in [2.75, 3.05) is 24.3 Å². The molecule has 0 radical (unpaired) electrons. The van der Waals surface area contributed by atoms with E-state index < -0.39 is 18.1 Å². The second-order valence-corrected chi connectivity index (χ2v) is 11.4. The number of carbonyl (C=O) groups excluding carboxylic acids is 3. The Morgan fingerprint density at radius 2 is 1.91 bits per heavy atom. The number of carbonyl (C=O) groups is 3. The van der Waals surface area contributed by atoms with Crippen molar-refractivity contribution in [1.29, 1.82) is 0 Å². The smallest absolute Gasteiger partial charge is 0.244 e. The highest BCUT2D eigenvalue weighted by Gasteiger charge is 2.33. The maximum absolute atomic E-state index is 13.3. The average molecular weight is 493 g/mol. The molecule has 0 saturated carbocycles. The molecule has 1 aromatic rings. The highest BCUT2D eigenvalue weighted by atomic mass is 32.2. The summed E-state index contributed by atoms with van der Waals surface area (Å²) in [5.41, 5.74) is 2.45. The van der Waals surface area contributed by atoms with E-state index >= 15 is 0 Å². The fourth-order valence-electron chi connectivity index (χ4n) is 4.20. The summed E-state index contributed by atoms with van der Waals surface area (Å²) < 4.78 is 0. The Morgan fingerprint density at radius 3 is 2.70 bits per heavy atom. The van der Waals surface area contributed by atoms with Gasteiger partial charge in [0, 0.05) is 16.8 Å². The van der Waals surface area contributed by atoms with Gasteiger partial charge in [-0.1, -0.05) is 31.2 Å². The molecule has 1 heterocycles. The van der Waals surface area contributed by atoms with Gasteiger partial charge in [-0.05, 0) is 56.5 Å². The molecule has 4 N–H and O–H groups in total. The van der Waals surface area contributed by atoms with Crippen molar-refractivity contribution in [1.82, 2.24) is 21.3 Å². The lowest BCUT2D eigenvalue weighted by molar-refractivity contribution is -0.132. The van der Waals surface area contributed by atoms with Gasteiger partial charge in [0.2, 0.25) is 17.7 Å². The van der Waals surface area contributed by atoms with Crippen molar-refractivity contribution in [2.45, 2.75) is 68.9 Å². The molecule has 0 aromatic heterocycles. The monoisotopic (exact) mass is 492 g/mol. The maximum Gasteiger partial charge on any atom is 0.244 e. The van der Waals surface area contributed by atoms with Crippen LogP contribution in [0, 0.1) is 0 Å². The number of hydrogen-bond donors (Lipinski definition) is 4. The van der Waals surface area contributed by atoms with Gasteiger partial charge in [-0.15, -0.1) is 0 Å². The number of hydrogen-bond acceptors (Lipinski definition) is 6. The lowest BCUT2D eigenvalue weighted by Crippen LogP contribution is -2.58. The molecule has 1 fully saturated rings. The molecule has 182 valence electrons. The van der Waals surface area contributed by atoms with Crippen LogP contribution >= 0.6 is 23.5 Å². The van der Waals surface area contributed by atoms with E-state index in [1.54, 1.807) is 37.5 Å². The molecule has 5 atom stereocenters.